The van der Waals surface area contributed by atoms with E-state index in [1.165, 1.54) is 0 Å². The molecule has 0 unspecified atom stereocenters. The maximum absolute atomic E-state index is 14.7. The molecule has 0 bridgehead atoms. The van der Waals surface area contributed by atoms with Gasteiger partial charge in [-0.3, -0.25) is 14.4 Å². The van der Waals surface area contributed by atoms with Crippen molar-refractivity contribution in [2.24, 2.45) is 5.92 Å². The molecule has 6 nitrogen and oxygen atoms in total. The molecular weight excluding hydrogens is 536 g/mol. The van der Waals surface area contributed by atoms with Crippen molar-refractivity contribution in [3.8, 4) is 5.75 Å². The summed E-state index contributed by atoms with van der Waals surface area (Å²) in [6.07, 6.45) is 3.94. The molecule has 7 rings (SSSR count). The predicted octanol–water partition coefficient (Wildman–Crippen LogP) is 6.20. The quantitative estimate of drug-likeness (QED) is 0.294. The lowest BCUT2D eigenvalue weighted by Gasteiger charge is -2.37. The molecule has 41 heavy (non-hydrogen) atoms. The molecule has 3 aliphatic rings. The Hall–Kier alpha value is -4.68. The van der Waals surface area contributed by atoms with Gasteiger partial charge in [-0.05, 0) is 59.7 Å². The van der Waals surface area contributed by atoms with Crippen molar-refractivity contribution in [3.05, 3.63) is 130 Å². The fraction of sp³-hybridized carbons (Fsp3) is 0.147. The second kappa shape index (κ2) is 9.46. The lowest BCUT2D eigenvalue weighted by molar-refractivity contribution is -0.121. The summed E-state index contributed by atoms with van der Waals surface area (Å²) < 4.78 is 5.42. The van der Waals surface area contributed by atoms with E-state index in [2.05, 4.69) is 5.32 Å². The van der Waals surface area contributed by atoms with Gasteiger partial charge in [0.1, 0.15) is 17.2 Å². The molecule has 4 aromatic rings. The lowest BCUT2D eigenvalue weighted by Crippen LogP contribution is -2.51. The predicted molar refractivity (Wildman–Crippen MR) is 159 cm³/mol. The number of benzene rings is 4. The smallest absolute Gasteiger partial charge is 0.238 e. The van der Waals surface area contributed by atoms with Crippen LogP contribution in [0.2, 0.25) is 5.02 Å². The first kappa shape index (κ1) is 25.3. The van der Waals surface area contributed by atoms with Gasteiger partial charge in [0.05, 0.1) is 19.1 Å². The zero-order chi connectivity index (χ0) is 28.3. The fourth-order valence-corrected chi connectivity index (χ4v) is 6.99. The molecule has 4 aromatic carbocycles. The third-order valence-corrected chi connectivity index (χ3v) is 8.83. The van der Waals surface area contributed by atoms with Crippen molar-refractivity contribution in [3.63, 3.8) is 0 Å². The summed E-state index contributed by atoms with van der Waals surface area (Å²) in [5.41, 5.74) is 2.48. The van der Waals surface area contributed by atoms with Gasteiger partial charge in [0.15, 0.2) is 11.6 Å². The Morgan fingerprint density at radius 3 is 2.44 bits per heavy atom. The van der Waals surface area contributed by atoms with Crippen LogP contribution < -0.4 is 15.0 Å². The summed E-state index contributed by atoms with van der Waals surface area (Å²) in [6, 6.07) is 27.2. The molecule has 1 amide bonds. The first-order valence-corrected chi connectivity index (χ1v) is 13.8. The molecule has 4 atom stereocenters. The molecule has 1 spiro atoms. The summed E-state index contributed by atoms with van der Waals surface area (Å²) in [6.45, 7) is 0. The number of amides is 1. The van der Waals surface area contributed by atoms with Crippen LogP contribution in [0.15, 0.2) is 103 Å². The van der Waals surface area contributed by atoms with Gasteiger partial charge in [0.2, 0.25) is 5.91 Å². The van der Waals surface area contributed by atoms with Crippen LogP contribution in [0.5, 0.6) is 5.75 Å². The number of hydrogen-bond acceptors (Lipinski definition) is 5. The number of anilines is 2. The van der Waals surface area contributed by atoms with Crippen molar-refractivity contribution < 1.29 is 19.1 Å². The maximum atomic E-state index is 14.7. The van der Waals surface area contributed by atoms with Crippen LogP contribution in [0.25, 0.3) is 6.08 Å². The molecule has 0 saturated carbocycles. The average molecular weight is 561 g/mol. The minimum Gasteiger partial charge on any atom is -0.497 e. The van der Waals surface area contributed by atoms with Crippen LogP contribution in [0.4, 0.5) is 11.4 Å². The average Bonchev–Trinajstić information content (AvgIpc) is 3.49. The SMILES string of the molecule is COc1cccc(C(=O)[C@@H]2[C@H](C(=O)c3ccc(Cl)cc3)[C@@]3(C(=O)Nc4ccccc43)[C@H]3C=Cc4ccccc4N23)c1. The number of fused-ring (bicyclic) bond motifs is 6. The molecule has 1 fully saturated rings. The van der Waals surface area contributed by atoms with Crippen molar-refractivity contribution in [1.29, 1.82) is 0 Å². The van der Waals surface area contributed by atoms with Gasteiger partial charge < -0.3 is 15.0 Å². The molecule has 3 heterocycles. The third-order valence-electron chi connectivity index (χ3n) is 8.58. The molecule has 0 aliphatic carbocycles. The number of carbonyl (C=O) groups excluding carboxylic acids is 3. The van der Waals surface area contributed by atoms with Gasteiger partial charge in [-0.15, -0.1) is 0 Å². The minimum atomic E-state index is -1.36. The molecular formula is C34H25ClN2O4. The highest BCUT2D eigenvalue weighted by atomic mass is 35.5. The minimum absolute atomic E-state index is 0.264. The first-order valence-electron chi connectivity index (χ1n) is 13.4. The summed E-state index contributed by atoms with van der Waals surface area (Å²) in [5, 5.41) is 3.54. The van der Waals surface area contributed by atoms with Gasteiger partial charge in [-0.2, -0.15) is 0 Å². The largest absolute Gasteiger partial charge is 0.497 e. The van der Waals surface area contributed by atoms with E-state index in [1.807, 2.05) is 65.6 Å². The van der Waals surface area contributed by atoms with E-state index in [1.54, 1.807) is 55.6 Å². The molecule has 7 heteroatoms. The Balaban J connectivity index is 1.53. The number of Topliss-reactive ketones (excluding diaryl/α,β-unsaturated/α-hetero) is 2. The van der Waals surface area contributed by atoms with Crippen LogP contribution in [0.1, 0.15) is 31.8 Å². The highest BCUT2D eigenvalue weighted by Crippen LogP contribution is 2.58. The van der Waals surface area contributed by atoms with E-state index < -0.39 is 23.4 Å². The highest BCUT2D eigenvalue weighted by Gasteiger charge is 2.70. The summed E-state index contributed by atoms with van der Waals surface area (Å²) in [4.78, 5) is 45.8. The molecule has 0 radical (unpaired) electrons. The number of ether oxygens (including phenoxy) is 1. The number of carbonyl (C=O) groups is 3. The summed E-state index contributed by atoms with van der Waals surface area (Å²) >= 11 is 6.17. The van der Waals surface area contributed by atoms with E-state index in [-0.39, 0.29) is 17.5 Å². The van der Waals surface area contributed by atoms with Gasteiger partial charge in [0.25, 0.3) is 0 Å². The van der Waals surface area contributed by atoms with Crippen molar-refractivity contribution in [2.45, 2.75) is 17.5 Å². The van der Waals surface area contributed by atoms with Crippen molar-refractivity contribution in [2.75, 3.05) is 17.3 Å². The van der Waals surface area contributed by atoms with E-state index in [0.717, 1.165) is 11.3 Å². The van der Waals surface area contributed by atoms with Crippen molar-refractivity contribution in [1.82, 2.24) is 0 Å². The lowest BCUT2D eigenvalue weighted by atomic mass is 9.64. The van der Waals surface area contributed by atoms with E-state index >= 15 is 0 Å². The molecule has 3 aliphatic heterocycles. The molecule has 202 valence electrons. The first-order chi connectivity index (χ1) is 19.9. The Kier molecular flexibility index (Phi) is 5.84. The number of para-hydroxylation sites is 2. The van der Waals surface area contributed by atoms with Crippen LogP contribution in [0.3, 0.4) is 0 Å². The van der Waals surface area contributed by atoms with Gasteiger partial charge in [-0.25, -0.2) is 0 Å². The van der Waals surface area contributed by atoms with Crippen molar-refractivity contribution >= 4 is 46.5 Å². The number of methoxy groups -OCH3 is 1. The van der Waals surface area contributed by atoms with E-state index in [0.29, 0.717) is 33.1 Å². The van der Waals surface area contributed by atoms with Gasteiger partial charge in [-0.1, -0.05) is 72.3 Å². The normalized spacial score (nSPS) is 23.5. The van der Waals surface area contributed by atoms with E-state index in [4.69, 9.17) is 16.3 Å². The third kappa shape index (κ3) is 3.60. The molecule has 0 aromatic heterocycles. The van der Waals surface area contributed by atoms with Crippen LogP contribution in [-0.4, -0.2) is 36.7 Å². The Bertz CT molecular complexity index is 1760. The van der Waals surface area contributed by atoms with E-state index in [9.17, 15) is 14.4 Å². The van der Waals surface area contributed by atoms with Crippen LogP contribution in [-0.2, 0) is 10.2 Å². The second-order valence-electron chi connectivity index (χ2n) is 10.5. The molecule has 1 N–H and O–H groups in total. The number of rotatable bonds is 5. The topological polar surface area (TPSA) is 75.7 Å². The highest BCUT2D eigenvalue weighted by molar-refractivity contribution is 6.30. The summed E-state index contributed by atoms with van der Waals surface area (Å²) in [5.74, 6) is -1.38. The number of nitrogens with zero attached hydrogens (tertiary/aromatic N) is 1. The summed E-state index contributed by atoms with van der Waals surface area (Å²) in [7, 11) is 1.54. The fourth-order valence-electron chi connectivity index (χ4n) is 6.86. The van der Waals surface area contributed by atoms with Crippen LogP contribution in [0, 0.1) is 5.92 Å². The van der Waals surface area contributed by atoms with Gasteiger partial charge in [0, 0.05) is 27.5 Å². The number of ketones is 2. The zero-order valence-electron chi connectivity index (χ0n) is 22.1. The second-order valence-corrected chi connectivity index (χ2v) is 11.0. The molecule has 1 saturated heterocycles. The number of hydrogen-bond donors (Lipinski definition) is 1. The Morgan fingerprint density at radius 1 is 0.878 bits per heavy atom. The van der Waals surface area contributed by atoms with Gasteiger partial charge >= 0.3 is 0 Å². The zero-order valence-corrected chi connectivity index (χ0v) is 22.8. The Labute approximate surface area is 242 Å². The number of nitrogens with one attached hydrogen (secondary N) is 1. The number of halogens is 1. The maximum Gasteiger partial charge on any atom is 0.238 e. The standard InChI is InChI=1S/C34H25ClN2O4/c1-41-24-9-6-8-22(19-24)32(39)30-29(31(38)21-13-16-23(35)17-14-21)34(25-10-3-4-11-26(25)36-33(34)40)28-18-15-20-7-2-5-12-27(20)37(28)30/h2-19,28-30H,1H3,(H,36,40)/t28-,29-,30+,34+/m1/s1. The van der Waals surface area contributed by atoms with Crippen LogP contribution >= 0.6 is 11.6 Å². The Morgan fingerprint density at radius 2 is 1.63 bits per heavy atom. The monoisotopic (exact) mass is 560 g/mol.